The molecule has 0 saturated heterocycles. The van der Waals surface area contributed by atoms with Gasteiger partial charge >= 0.3 is 11.9 Å². The molecular weight excluding hydrogens is 282 g/mol. The Morgan fingerprint density at radius 3 is 2.73 bits per heavy atom. The van der Waals surface area contributed by atoms with Crippen molar-refractivity contribution in [3.05, 3.63) is 57.9 Å². The molecule has 0 bridgehead atoms. The summed E-state index contributed by atoms with van der Waals surface area (Å²) in [6.07, 6.45) is 0. The van der Waals surface area contributed by atoms with E-state index in [9.17, 15) is 9.59 Å². The van der Waals surface area contributed by atoms with Gasteiger partial charge in [-0.1, -0.05) is 24.3 Å². The van der Waals surface area contributed by atoms with Gasteiger partial charge in [-0.15, -0.1) is 0 Å². The number of hydrogen-bond donors (Lipinski definition) is 1. The molecule has 0 aromatic heterocycles. The predicted molar refractivity (Wildman–Crippen MR) is 79.8 cm³/mol. The molecule has 5 heteroatoms. The molecule has 0 fully saturated rings. The molecule has 1 unspecified atom stereocenters. The van der Waals surface area contributed by atoms with Gasteiger partial charge < -0.3 is 14.8 Å². The number of allylic oxidation sites excluding steroid dienone is 1. The van der Waals surface area contributed by atoms with Crippen molar-refractivity contribution in [1.29, 1.82) is 0 Å². The van der Waals surface area contributed by atoms with Gasteiger partial charge in [-0.3, -0.25) is 0 Å². The average molecular weight is 299 g/mol. The summed E-state index contributed by atoms with van der Waals surface area (Å²) in [7, 11) is 1.34. The highest BCUT2D eigenvalue weighted by Gasteiger charge is 2.42. The molecule has 0 saturated carbocycles. The van der Waals surface area contributed by atoms with E-state index in [0.717, 1.165) is 16.8 Å². The lowest BCUT2D eigenvalue weighted by molar-refractivity contribution is -0.136. The van der Waals surface area contributed by atoms with Crippen molar-refractivity contribution < 1.29 is 19.1 Å². The minimum absolute atomic E-state index is 0.211. The maximum absolute atomic E-state index is 12.3. The SMILES string of the molecule is COC(=O)C1=C(C)NC2=C(C(=O)OC2)C1c1ccccc1C. The van der Waals surface area contributed by atoms with Crippen LogP contribution in [0, 0.1) is 6.92 Å². The zero-order chi connectivity index (χ0) is 15.9. The van der Waals surface area contributed by atoms with E-state index in [4.69, 9.17) is 9.47 Å². The van der Waals surface area contributed by atoms with E-state index in [0.29, 0.717) is 16.8 Å². The Hall–Kier alpha value is -2.56. The summed E-state index contributed by atoms with van der Waals surface area (Å²) in [5, 5.41) is 3.11. The first kappa shape index (κ1) is 14.4. The Bertz CT molecular complexity index is 730. The highest BCUT2D eigenvalue weighted by Crippen LogP contribution is 2.42. The number of esters is 2. The largest absolute Gasteiger partial charge is 0.466 e. The van der Waals surface area contributed by atoms with Gasteiger partial charge in [0.05, 0.1) is 29.9 Å². The molecule has 2 aliphatic rings. The van der Waals surface area contributed by atoms with Gasteiger partial charge in [0.25, 0.3) is 0 Å². The fourth-order valence-electron chi connectivity index (χ4n) is 3.07. The number of methoxy groups -OCH3 is 1. The molecular formula is C17H17NO4. The molecule has 22 heavy (non-hydrogen) atoms. The van der Waals surface area contributed by atoms with Gasteiger partial charge in [-0.05, 0) is 25.0 Å². The summed E-state index contributed by atoms with van der Waals surface area (Å²) in [4.78, 5) is 24.4. The number of cyclic esters (lactones) is 1. The summed E-state index contributed by atoms with van der Waals surface area (Å²) in [5.41, 5.74) is 4.29. The Morgan fingerprint density at radius 2 is 2.05 bits per heavy atom. The van der Waals surface area contributed by atoms with E-state index >= 15 is 0 Å². The van der Waals surface area contributed by atoms with Crippen LogP contribution in [0.4, 0.5) is 0 Å². The number of dihydropyridines is 1. The summed E-state index contributed by atoms with van der Waals surface area (Å²) in [6.45, 7) is 3.98. The fourth-order valence-corrected chi connectivity index (χ4v) is 3.07. The number of hydrogen-bond acceptors (Lipinski definition) is 5. The first-order chi connectivity index (χ1) is 10.5. The molecule has 1 N–H and O–H groups in total. The second-order valence-corrected chi connectivity index (χ2v) is 5.41. The van der Waals surface area contributed by atoms with Crippen LogP contribution < -0.4 is 5.32 Å². The summed E-state index contributed by atoms with van der Waals surface area (Å²) < 4.78 is 10.1. The molecule has 2 heterocycles. The van der Waals surface area contributed by atoms with Crippen LogP contribution in [0.5, 0.6) is 0 Å². The van der Waals surface area contributed by atoms with Crippen molar-refractivity contribution in [2.45, 2.75) is 19.8 Å². The van der Waals surface area contributed by atoms with E-state index in [2.05, 4.69) is 5.32 Å². The predicted octanol–water partition coefficient (Wildman–Crippen LogP) is 1.94. The standard InChI is InChI=1S/C17H17NO4/c1-9-6-4-5-7-11(9)14-13(16(19)21-3)10(2)18-12-8-22-17(20)15(12)14/h4-7,14,18H,8H2,1-3H3. The number of benzene rings is 1. The summed E-state index contributed by atoms with van der Waals surface area (Å²) in [6, 6.07) is 7.71. The van der Waals surface area contributed by atoms with Crippen LogP contribution in [0.1, 0.15) is 24.0 Å². The average Bonchev–Trinajstić information content (AvgIpc) is 2.87. The Kier molecular flexibility index (Phi) is 3.48. The summed E-state index contributed by atoms with van der Waals surface area (Å²) >= 11 is 0. The van der Waals surface area contributed by atoms with E-state index in [1.807, 2.05) is 38.1 Å². The molecule has 5 nitrogen and oxygen atoms in total. The Morgan fingerprint density at radius 1 is 1.32 bits per heavy atom. The third-order valence-electron chi connectivity index (χ3n) is 4.12. The molecule has 0 radical (unpaired) electrons. The number of ether oxygens (including phenoxy) is 2. The van der Waals surface area contributed by atoms with Crippen LogP contribution in [0.2, 0.25) is 0 Å². The van der Waals surface area contributed by atoms with Crippen molar-refractivity contribution >= 4 is 11.9 Å². The molecule has 0 spiro atoms. The topological polar surface area (TPSA) is 64.6 Å². The van der Waals surface area contributed by atoms with Gasteiger partial charge in [0, 0.05) is 5.70 Å². The van der Waals surface area contributed by atoms with Crippen molar-refractivity contribution in [2.24, 2.45) is 0 Å². The number of aryl methyl sites for hydroxylation is 1. The normalized spacial score (nSPS) is 20.5. The Balaban J connectivity index is 2.22. The molecule has 0 aliphatic carbocycles. The van der Waals surface area contributed by atoms with E-state index in [-0.39, 0.29) is 12.6 Å². The molecule has 1 atom stereocenters. The second-order valence-electron chi connectivity index (χ2n) is 5.41. The zero-order valence-electron chi connectivity index (χ0n) is 12.7. The van der Waals surface area contributed by atoms with Crippen LogP contribution >= 0.6 is 0 Å². The third-order valence-corrected chi connectivity index (χ3v) is 4.12. The maximum atomic E-state index is 12.3. The molecule has 1 aromatic rings. The minimum atomic E-state index is -0.458. The zero-order valence-corrected chi connectivity index (χ0v) is 12.7. The fraction of sp³-hybridized carbons (Fsp3) is 0.294. The highest BCUT2D eigenvalue weighted by molar-refractivity contribution is 6.01. The maximum Gasteiger partial charge on any atom is 0.337 e. The monoisotopic (exact) mass is 299 g/mol. The molecule has 3 rings (SSSR count). The van der Waals surface area contributed by atoms with E-state index in [1.54, 1.807) is 0 Å². The molecule has 114 valence electrons. The highest BCUT2D eigenvalue weighted by atomic mass is 16.5. The van der Waals surface area contributed by atoms with E-state index in [1.165, 1.54) is 7.11 Å². The first-order valence-corrected chi connectivity index (χ1v) is 7.06. The third kappa shape index (κ3) is 2.09. The lowest BCUT2D eigenvalue weighted by atomic mass is 9.79. The molecule has 2 aliphatic heterocycles. The van der Waals surface area contributed by atoms with Crippen LogP contribution in [0.15, 0.2) is 46.8 Å². The quantitative estimate of drug-likeness (QED) is 0.846. The minimum Gasteiger partial charge on any atom is -0.466 e. The summed E-state index contributed by atoms with van der Waals surface area (Å²) in [5.74, 6) is -1.28. The Labute approximate surface area is 128 Å². The van der Waals surface area contributed by atoms with Crippen molar-refractivity contribution in [3.63, 3.8) is 0 Å². The lowest BCUT2D eigenvalue weighted by Crippen LogP contribution is -2.30. The second kappa shape index (κ2) is 5.33. The van der Waals surface area contributed by atoms with Crippen molar-refractivity contribution in [2.75, 3.05) is 13.7 Å². The van der Waals surface area contributed by atoms with Crippen LogP contribution in [0.3, 0.4) is 0 Å². The molecule has 0 amide bonds. The lowest BCUT2D eigenvalue weighted by Gasteiger charge is -2.28. The van der Waals surface area contributed by atoms with Gasteiger partial charge in [-0.25, -0.2) is 9.59 Å². The van der Waals surface area contributed by atoms with Gasteiger partial charge in [0.1, 0.15) is 6.61 Å². The number of carbonyl (C=O) groups excluding carboxylic acids is 2. The van der Waals surface area contributed by atoms with Crippen LogP contribution in [-0.2, 0) is 19.1 Å². The van der Waals surface area contributed by atoms with Crippen LogP contribution in [0.25, 0.3) is 0 Å². The van der Waals surface area contributed by atoms with Gasteiger partial charge in [-0.2, -0.15) is 0 Å². The smallest absolute Gasteiger partial charge is 0.337 e. The van der Waals surface area contributed by atoms with E-state index < -0.39 is 11.9 Å². The van der Waals surface area contributed by atoms with Gasteiger partial charge in [0.2, 0.25) is 0 Å². The number of carbonyl (C=O) groups is 2. The van der Waals surface area contributed by atoms with Gasteiger partial charge in [0.15, 0.2) is 0 Å². The van der Waals surface area contributed by atoms with Crippen molar-refractivity contribution in [1.82, 2.24) is 5.32 Å². The van der Waals surface area contributed by atoms with Crippen LogP contribution in [-0.4, -0.2) is 25.7 Å². The number of rotatable bonds is 2. The first-order valence-electron chi connectivity index (χ1n) is 7.06. The number of nitrogens with one attached hydrogen (secondary N) is 1. The molecule has 1 aromatic carbocycles. The van der Waals surface area contributed by atoms with Crippen molar-refractivity contribution in [3.8, 4) is 0 Å².